The number of benzene rings is 3. The molecule has 30 heavy (non-hydrogen) atoms. The summed E-state index contributed by atoms with van der Waals surface area (Å²) in [6, 6.07) is 20.8. The zero-order valence-corrected chi connectivity index (χ0v) is 16.6. The molecule has 3 aromatic carbocycles. The van der Waals surface area contributed by atoms with Crippen LogP contribution in [0, 0.1) is 0 Å². The van der Waals surface area contributed by atoms with Crippen LogP contribution < -0.4 is 11.5 Å². The van der Waals surface area contributed by atoms with Crippen LogP contribution in [-0.4, -0.2) is 17.0 Å². The van der Waals surface area contributed by atoms with E-state index in [-0.39, 0.29) is 5.91 Å². The summed E-state index contributed by atoms with van der Waals surface area (Å²) in [4.78, 5) is 11.3. The molecule has 0 fully saturated rings. The molecular weight excluding hydrogens is 374 g/mol. The van der Waals surface area contributed by atoms with Gasteiger partial charge in [0.25, 0.3) is 0 Å². The third-order valence-electron chi connectivity index (χ3n) is 5.69. The third kappa shape index (κ3) is 3.04. The number of furan rings is 1. The van der Waals surface area contributed by atoms with E-state index in [1.54, 1.807) is 0 Å². The maximum atomic E-state index is 11.3. The van der Waals surface area contributed by atoms with Crippen LogP contribution in [0.15, 0.2) is 71.3 Å². The maximum Gasteiger partial charge on any atom is 0.219 e. The van der Waals surface area contributed by atoms with Gasteiger partial charge in [-0.05, 0) is 42.3 Å². The van der Waals surface area contributed by atoms with E-state index >= 15 is 0 Å². The van der Waals surface area contributed by atoms with Gasteiger partial charge in [-0.2, -0.15) is 0 Å². The minimum atomic E-state index is -0.301. The minimum Gasteiger partial charge on any atom is -0.455 e. The van der Waals surface area contributed by atoms with E-state index in [1.807, 2.05) is 18.2 Å². The number of nitrogens with two attached hydrogens (primary N) is 2. The first-order valence-electron chi connectivity index (χ1n) is 10.2. The number of hydrogen-bond donors (Lipinski definition) is 2. The molecule has 150 valence electrons. The number of aromatic nitrogens is 1. The Hall–Kier alpha value is -3.57. The van der Waals surface area contributed by atoms with Crippen molar-refractivity contribution in [3.8, 4) is 11.1 Å². The third-order valence-corrected chi connectivity index (χ3v) is 5.69. The minimum absolute atomic E-state index is 0.301. The summed E-state index contributed by atoms with van der Waals surface area (Å²) in [5.74, 6) is -0.301. The van der Waals surface area contributed by atoms with Crippen LogP contribution >= 0.6 is 0 Å². The van der Waals surface area contributed by atoms with Crippen LogP contribution in [0.2, 0.25) is 0 Å². The maximum absolute atomic E-state index is 11.3. The van der Waals surface area contributed by atoms with Crippen molar-refractivity contribution in [1.29, 1.82) is 0 Å². The van der Waals surface area contributed by atoms with Crippen LogP contribution in [0.25, 0.3) is 44.0 Å². The second-order valence-corrected chi connectivity index (χ2v) is 7.62. The number of carbonyl (C=O) groups is 1. The number of fused-ring (bicyclic) bond motifs is 4. The predicted octanol–water partition coefficient (Wildman–Crippen LogP) is 4.58. The van der Waals surface area contributed by atoms with Crippen molar-refractivity contribution in [1.82, 2.24) is 4.57 Å². The van der Waals surface area contributed by atoms with Crippen molar-refractivity contribution in [3.63, 3.8) is 0 Å². The summed E-state index contributed by atoms with van der Waals surface area (Å²) in [7, 11) is 0. The first kappa shape index (κ1) is 18.5. The van der Waals surface area contributed by atoms with Crippen LogP contribution in [0.5, 0.6) is 0 Å². The highest BCUT2D eigenvalue weighted by Gasteiger charge is 2.14. The number of primary amides is 1. The van der Waals surface area contributed by atoms with Crippen LogP contribution in [0.1, 0.15) is 12.0 Å². The van der Waals surface area contributed by atoms with E-state index in [0.29, 0.717) is 19.5 Å². The molecule has 0 saturated heterocycles. The monoisotopic (exact) mass is 397 g/mol. The van der Waals surface area contributed by atoms with Gasteiger partial charge < -0.3 is 20.5 Å². The number of hydrogen-bond acceptors (Lipinski definition) is 3. The van der Waals surface area contributed by atoms with Gasteiger partial charge in [-0.25, -0.2) is 0 Å². The normalized spacial score (nSPS) is 11.6. The van der Waals surface area contributed by atoms with E-state index in [0.717, 1.165) is 50.4 Å². The molecule has 5 heteroatoms. The van der Waals surface area contributed by atoms with Gasteiger partial charge in [0.05, 0.1) is 0 Å². The first-order chi connectivity index (χ1) is 14.7. The number of carbonyl (C=O) groups excluding carboxylic acids is 1. The fourth-order valence-electron chi connectivity index (χ4n) is 4.28. The Morgan fingerprint density at radius 1 is 0.967 bits per heavy atom. The van der Waals surface area contributed by atoms with Gasteiger partial charge in [-0.1, -0.05) is 42.5 Å². The lowest BCUT2D eigenvalue weighted by Gasteiger charge is -2.06. The molecule has 0 aliphatic rings. The molecule has 0 bridgehead atoms. The molecule has 0 spiro atoms. The highest BCUT2D eigenvalue weighted by Crippen LogP contribution is 2.37. The SMILES string of the molecule is NCCc1cn(CCC(N)=O)c2ccc(-c3cccc4c3oc3ccccc34)cc12. The summed E-state index contributed by atoms with van der Waals surface area (Å²) in [6.45, 7) is 1.13. The van der Waals surface area contributed by atoms with Gasteiger partial charge in [0, 0.05) is 46.4 Å². The fraction of sp³-hybridized carbons (Fsp3) is 0.160. The van der Waals surface area contributed by atoms with Gasteiger partial charge in [-0.15, -0.1) is 0 Å². The standard InChI is InChI=1S/C25H23N3O2/c26-12-10-17-15-28(13-11-24(27)29)22-9-8-16(14-21(17)22)18-5-3-6-20-19-4-1-2-7-23(19)30-25(18)20/h1-9,14-15H,10-13,26H2,(H2,27,29). The smallest absolute Gasteiger partial charge is 0.219 e. The summed E-state index contributed by atoms with van der Waals surface area (Å²) < 4.78 is 8.32. The van der Waals surface area contributed by atoms with Gasteiger partial charge in [-0.3, -0.25) is 4.79 Å². The molecule has 0 atom stereocenters. The molecule has 0 saturated carbocycles. The van der Waals surface area contributed by atoms with Gasteiger partial charge in [0.1, 0.15) is 11.2 Å². The van der Waals surface area contributed by atoms with E-state index in [1.165, 1.54) is 5.56 Å². The van der Waals surface area contributed by atoms with E-state index < -0.39 is 0 Å². The highest BCUT2D eigenvalue weighted by molar-refractivity contribution is 6.10. The van der Waals surface area contributed by atoms with Crippen molar-refractivity contribution >= 4 is 38.7 Å². The predicted molar refractivity (Wildman–Crippen MR) is 121 cm³/mol. The lowest BCUT2D eigenvalue weighted by Crippen LogP contribution is -2.13. The Labute approximate surface area is 173 Å². The second kappa shape index (κ2) is 7.35. The summed E-state index contributed by atoms with van der Waals surface area (Å²) in [5.41, 5.74) is 17.4. The average molecular weight is 397 g/mol. The van der Waals surface area contributed by atoms with Crippen molar-refractivity contribution in [2.24, 2.45) is 11.5 Å². The van der Waals surface area contributed by atoms with Gasteiger partial charge in [0.2, 0.25) is 5.91 Å². The molecule has 2 aromatic heterocycles. The fourth-order valence-corrected chi connectivity index (χ4v) is 4.28. The summed E-state index contributed by atoms with van der Waals surface area (Å²) in [5, 5.41) is 3.39. The Bertz CT molecular complexity index is 1390. The zero-order chi connectivity index (χ0) is 20.7. The largest absolute Gasteiger partial charge is 0.455 e. The quantitative estimate of drug-likeness (QED) is 0.439. The topological polar surface area (TPSA) is 87.2 Å². The van der Waals surface area contributed by atoms with Crippen LogP contribution in [-0.2, 0) is 17.8 Å². The number of nitrogens with zero attached hydrogens (tertiary/aromatic N) is 1. The van der Waals surface area contributed by atoms with Crippen molar-refractivity contribution in [3.05, 3.63) is 72.4 Å². The van der Waals surface area contributed by atoms with Crippen LogP contribution in [0.3, 0.4) is 0 Å². The second-order valence-electron chi connectivity index (χ2n) is 7.62. The molecule has 5 rings (SSSR count). The number of aryl methyl sites for hydroxylation is 1. The zero-order valence-electron chi connectivity index (χ0n) is 16.6. The van der Waals surface area contributed by atoms with Crippen molar-refractivity contribution in [2.45, 2.75) is 19.4 Å². The van der Waals surface area contributed by atoms with Crippen molar-refractivity contribution in [2.75, 3.05) is 6.54 Å². The Balaban J connectivity index is 1.68. The molecule has 4 N–H and O–H groups in total. The lowest BCUT2D eigenvalue weighted by atomic mass is 9.99. The summed E-state index contributed by atoms with van der Waals surface area (Å²) >= 11 is 0. The molecule has 1 amide bonds. The molecule has 0 aliphatic heterocycles. The summed E-state index contributed by atoms with van der Waals surface area (Å²) in [6.07, 6.45) is 3.18. The molecule has 0 aliphatic carbocycles. The number of para-hydroxylation sites is 2. The average Bonchev–Trinajstić information content (AvgIpc) is 3.30. The molecule has 0 unspecified atom stereocenters. The van der Waals surface area contributed by atoms with Crippen LogP contribution in [0.4, 0.5) is 0 Å². The Morgan fingerprint density at radius 2 is 1.80 bits per heavy atom. The number of rotatable bonds is 6. The van der Waals surface area contributed by atoms with Crippen molar-refractivity contribution < 1.29 is 9.21 Å². The molecule has 5 aromatic rings. The Kier molecular flexibility index (Phi) is 4.52. The molecule has 2 heterocycles. The van der Waals surface area contributed by atoms with Gasteiger partial charge >= 0.3 is 0 Å². The van der Waals surface area contributed by atoms with Gasteiger partial charge in [0.15, 0.2) is 0 Å². The lowest BCUT2D eigenvalue weighted by molar-refractivity contribution is -0.118. The van der Waals surface area contributed by atoms with E-state index in [2.05, 4.69) is 53.2 Å². The van der Waals surface area contributed by atoms with E-state index in [4.69, 9.17) is 15.9 Å². The first-order valence-corrected chi connectivity index (χ1v) is 10.2. The highest BCUT2D eigenvalue weighted by atomic mass is 16.3. The molecule has 0 radical (unpaired) electrons. The van der Waals surface area contributed by atoms with E-state index in [9.17, 15) is 4.79 Å². The molecule has 5 nitrogen and oxygen atoms in total. The number of amides is 1. The Morgan fingerprint density at radius 3 is 2.63 bits per heavy atom. The molecular formula is C25H23N3O2.